The molecule has 0 aliphatic carbocycles. The minimum Gasteiger partial charge on any atom is -0.299 e. The van der Waals surface area contributed by atoms with Gasteiger partial charge in [-0.1, -0.05) is 13.8 Å². The molecule has 0 spiro atoms. The monoisotopic (exact) mass is 237 g/mol. The molecule has 1 rings (SSSR count). The predicted molar refractivity (Wildman–Crippen MR) is 71.7 cm³/mol. The molecule has 1 aliphatic rings. The molecule has 1 aliphatic heterocycles. The summed E-state index contributed by atoms with van der Waals surface area (Å²) in [4.78, 5) is 2.46. The van der Waals surface area contributed by atoms with Crippen LogP contribution in [0, 0.1) is 17.2 Å². The van der Waals surface area contributed by atoms with Crippen LogP contribution in [-0.4, -0.2) is 36.1 Å². The smallest absolute Gasteiger partial charge is 0.116 e. The van der Waals surface area contributed by atoms with Gasteiger partial charge in [-0.2, -0.15) is 5.26 Å². The van der Waals surface area contributed by atoms with Crippen molar-refractivity contribution in [3.05, 3.63) is 0 Å². The van der Waals surface area contributed by atoms with Gasteiger partial charge >= 0.3 is 0 Å². The lowest BCUT2D eigenvalue weighted by atomic mass is 9.91. The Hall–Kier alpha value is -0.590. The minimum absolute atomic E-state index is 0.398. The zero-order chi connectivity index (χ0) is 12.9. The second-order valence-corrected chi connectivity index (χ2v) is 5.82. The summed E-state index contributed by atoms with van der Waals surface area (Å²) in [7, 11) is 0. The van der Waals surface area contributed by atoms with Crippen LogP contribution >= 0.6 is 0 Å². The van der Waals surface area contributed by atoms with Gasteiger partial charge in [0.25, 0.3) is 0 Å². The molecule has 0 bridgehead atoms. The maximum Gasteiger partial charge on any atom is 0.116 e. The van der Waals surface area contributed by atoms with Crippen LogP contribution in [0.4, 0.5) is 0 Å². The molecule has 98 valence electrons. The summed E-state index contributed by atoms with van der Waals surface area (Å²) in [6, 6.07) is 3.05. The molecule has 0 aromatic carbocycles. The number of nitrogens with zero attached hydrogens (tertiary/aromatic N) is 2. The van der Waals surface area contributed by atoms with E-state index in [-0.39, 0.29) is 0 Å². The summed E-state index contributed by atoms with van der Waals surface area (Å²) < 4.78 is 0. The van der Waals surface area contributed by atoms with E-state index >= 15 is 0 Å². The molecule has 1 heterocycles. The van der Waals surface area contributed by atoms with Gasteiger partial charge in [0, 0.05) is 12.6 Å². The number of likely N-dealkylation sites (tertiary alicyclic amines) is 1. The molecule has 1 fully saturated rings. The number of rotatable bonds is 5. The van der Waals surface area contributed by atoms with E-state index in [1.165, 1.54) is 12.8 Å². The molecule has 3 heteroatoms. The van der Waals surface area contributed by atoms with Crippen LogP contribution in [0.5, 0.6) is 0 Å². The molecular formula is C14H27N3. The van der Waals surface area contributed by atoms with Crippen molar-refractivity contribution >= 4 is 0 Å². The van der Waals surface area contributed by atoms with Crippen molar-refractivity contribution < 1.29 is 0 Å². The molecule has 0 amide bonds. The van der Waals surface area contributed by atoms with E-state index in [2.05, 4.69) is 37.1 Å². The van der Waals surface area contributed by atoms with Gasteiger partial charge < -0.3 is 0 Å². The first kappa shape index (κ1) is 14.5. The van der Waals surface area contributed by atoms with Crippen LogP contribution in [0.15, 0.2) is 0 Å². The van der Waals surface area contributed by atoms with Crippen LogP contribution in [0.1, 0.15) is 47.0 Å². The molecule has 3 unspecified atom stereocenters. The van der Waals surface area contributed by atoms with Crippen molar-refractivity contribution in [2.75, 3.05) is 19.6 Å². The van der Waals surface area contributed by atoms with Gasteiger partial charge in [0.05, 0.1) is 6.07 Å². The summed E-state index contributed by atoms with van der Waals surface area (Å²) in [5.41, 5.74) is -0.398. The Morgan fingerprint density at radius 3 is 2.71 bits per heavy atom. The van der Waals surface area contributed by atoms with Crippen molar-refractivity contribution in [1.29, 1.82) is 5.26 Å². The Labute approximate surface area is 106 Å². The fraction of sp³-hybridized carbons (Fsp3) is 0.929. The lowest BCUT2D eigenvalue weighted by Gasteiger charge is -2.40. The highest BCUT2D eigenvalue weighted by atomic mass is 15.2. The fourth-order valence-corrected chi connectivity index (χ4v) is 2.63. The van der Waals surface area contributed by atoms with E-state index in [0.717, 1.165) is 32.0 Å². The first-order valence-electron chi connectivity index (χ1n) is 6.91. The topological polar surface area (TPSA) is 39.1 Å². The third-order valence-electron chi connectivity index (χ3n) is 3.81. The average Bonchev–Trinajstić information content (AvgIpc) is 2.30. The van der Waals surface area contributed by atoms with E-state index < -0.39 is 5.54 Å². The van der Waals surface area contributed by atoms with Gasteiger partial charge in [0.2, 0.25) is 0 Å². The van der Waals surface area contributed by atoms with Crippen LogP contribution in [0.3, 0.4) is 0 Å². The van der Waals surface area contributed by atoms with Gasteiger partial charge in [0.15, 0.2) is 0 Å². The van der Waals surface area contributed by atoms with Crippen LogP contribution in [0.25, 0.3) is 0 Å². The zero-order valence-corrected chi connectivity index (χ0v) is 11.8. The first-order valence-corrected chi connectivity index (χ1v) is 6.91. The summed E-state index contributed by atoms with van der Waals surface area (Å²) in [6.45, 7) is 11.7. The Balaban J connectivity index is 2.53. The standard InChI is InChI=1S/C14H27N3/c1-5-7-16-14(4,10-15)11-17-8-6-12(2)9-13(17)3/h12-13,16H,5-9,11H2,1-4H3. The molecule has 0 aromatic rings. The molecule has 0 saturated carbocycles. The van der Waals surface area contributed by atoms with E-state index in [4.69, 9.17) is 0 Å². The Bertz CT molecular complexity index is 271. The Morgan fingerprint density at radius 2 is 2.18 bits per heavy atom. The number of hydrogen-bond donors (Lipinski definition) is 1. The highest BCUT2D eigenvalue weighted by Gasteiger charge is 2.31. The maximum atomic E-state index is 9.34. The molecule has 0 aromatic heterocycles. The number of nitriles is 1. The van der Waals surface area contributed by atoms with E-state index in [1.807, 2.05) is 6.92 Å². The summed E-state index contributed by atoms with van der Waals surface area (Å²) >= 11 is 0. The zero-order valence-electron chi connectivity index (χ0n) is 11.8. The molecule has 1 N–H and O–H groups in total. The van der Waals surface area contributed by atoms with Crippen LogP contribution < -0.4 is 5.32 Å². The fourth-order valence-electron chi connectivity index (χ4n) is 2.63. The van der Waals surface area contributed by atoms with Gasteiger partial charge in [-0.05, 0) is 52.1 Å². The largest absolute Gasteiger partial charge is 0.299 e. The van der Waals surface area contributed by atoms with Gasteiger partial charge in [-0.15, -0.1) is 0 Å². The second kappa shape index (κ2) is 6.37. The Morgan fingerprint density at radius 1 is 1.47 bits per heavy atom. The third kappa shape index (κ3) is 4.29. The SMILES string of the molecule is CCCNC(C)(C#N)CN1CCC(C)CC1C. The molecule has 17 heavy (non-hydrogen) atoms. The quantitative estimate of drug-likeness (QED) is 0.798. The van der Waals surface area contributed by atoms with Crippen molar-refractivity contribution in [2.24, 2.45) is 5.92 Å². The molecule has 0 radical (unpaired) electrons. The second-order valence-electron chi connectivity index (χ2n) is 5.82. The molecule has 3 nitrogen and oxygen atoms in total. The minimum atomic E-state index is -0.398. The maximum absolute atomic E-state index is 9.34. The number of piperidine rings is 1. The lowest BCUT2D eigenvalue weighted by Crippen LogP contribution is -2.54. The summed E-state index contributed by atoms with van der Waals surface area (Å²) in [5, 5.41) is 12.7. The van der Waals surface area contributed by atoms with Gasteiger partial charge in [-0.25, -0.2) is 0 Å². The normalized spacial score (nSPS) is 29.6. The highest BCUT2D eigenvalue weighted by molar-refractivity contribution is 5.06. The molecule has 1 saturated heterocycles. The highest BCUT2D eigenvalue weighted by Crippen LogP contribution is 2.23. The predicted octanol–water partition coefficient (Wildman–Crippen LogP) is 2.39. The summed E-state index contributed by atoms with van der Waals surface area (Å²) in [5.74, 6) is 0.832. The van der Waals surface area contributed by atoms with Crippen molar-refractivity contribution in [1.82, 2.24) is 10.2 Å². The molecule has 3 atom stereocenters. The Kier molecular flexibility index (Phi) is 5.42. The van der Waals surface area contributed by atoms with E-state index in [0.29, 0.717) is 6.04 Å². The van der Waals surface area contributed by atoms with E-state index in [1.54, 1.807) is 0 Å². The van der Waals surface area contributed by atoms with Crippen LogP contribution in [-0.2, 0) is 0 Å². The number of hydrogen-bond acceptors (Lipinski definition) is 3. The van der Waals surface area contributed by atoms with Gasteiger partial charge in [-0.3, -0.25) is 10.2 Å². The van der Waals surface area contributed by atoms with Crippen molar-refractivity contribution in [3.63, 3.8) is 0 Å². The third-order valence-corrected chi connectivity index (χ3v) is 3.81. The first-order chi connectivity index (χ1) is 8.00. The van der Waals surface area contributed by atoms with Crippen molar-refractivity contribution in [3.8, 4) is 6.07 Å². The lowest BCUT2D eigenvalue weighted by molar-refractivity contribution is 0.107. The van der Waals surface area contributed by atoms with Crippen LogP contribution in [0.2, 0.25) is 0 Å². The van der Waals surface area contributed by atoms with Crippen molar-refractivity contribution in [2.45, 2.75) is 58.5 Å². The van der Waals surface area contributed by atoms with E-state index in [9.17, 15) is 5.26 Å². The summed E-state index contributed by atoms with van der Waals surface area (Å²) in [6.07, 6.45) is 3.60. The average molecular weight is 237 g/mol. The molecular weight excluding hydrogens is 210 g/mol. The number of nitrogens with one attached hydrogen (secondary N) is 1. The van der Waals surface area contributed by atoms with Gasteiger partial charge in [0.1, 0.15) is 5.54 Å².